The third kappa shape index (κ3) is 0.958. The summed E-state index contributed by atoms with van der Waals surface area (Å²) in [5.41, 5.74) is 5.52. The van der Waals surface area contributed by atoms with E-state index in [0.717, 1.165) is 24.6 Å². The summed E-state index contributed by atoms with van der Waals surface area (Å²) in [5.74, 6) is 0.956. The van der Waals surface area contributed by atoms with Gasteiger partial charge in [0, 0.05) is 5.70 Å². The van der Waals surface area contributed by atoms with Crippen molar-refractivity contribution in [1.82, 2.24) is 4.90 Å². The normalized spacial score (nSPS) is 21.6. The van der Waals surface area contributed by atoms with Gasteiger partial charge in [0.15, 0.2) is 5.76 Å². The first-order valence-electron chi connectivity index (χ1n) is 3.87. The van der Waals surface area contributed by atoms with Crippen molar-refractivity contribution in [2.24, 2.45) is 0 Å². The number of rotatable bonds is 1. The molecule has 0 N–H and O–H groups in total. The largest absolute Gasteiger partial charge is 0.482 e. The minimum atomic E-state index is 0.789. The predicted molar refractivity (Wildman–Crippen MR) is 42.6 cm³/mol. The molecule has 1 saturated heterocycles. The number of hydrogen-bond donors (Lipinski definition) is 0. The summed E-state index contributed by atoms with van der Waals surface area (Å²) in [5, 5.41) is 0. The van der Waals surface area contributed by atoms with Crippen molar-refractivity contribution in [2.45, 2.75) is 13.8 Å². The SMILES string of the molecule is C/C=C(/C)N1CCOC2=C=C21. The van der Waals surface area contributed by atoms with E-state index in [0.29, 0.717) is 0 Å². The molecule has 2 nitrogen and oxygen atoms in total. The summed E-state index contributed by atoms with van der Waals surface area (Å²) in [6, 6.07) is 0. The van der Waals surface area contributed by atoms with Gasteiger partial charge in [-0.1, -0.05) is 6.08 Å². The molecule has 0 bridgehead atoms. The topological polar surface area (TPSA) is 12.5 Å². The van der Waals surface area contributed by atoms with Gasteiger partial charge in [0.25, 0.3) is 0 Å². The summed E-state index contributed by atoms with van der Waals surface area (Å²) < 4.78 is 5.28. The van der Waals surface area contributed by atoms with Gasteiger partial charge in [-0.05, 0) is 19.6 Å². The van der Waals surface area contributed by atoms with E-state index in [4.69, 9.17) is 4.74 Å². The molecule has 1 heterocycles. The van der Waals surface area contributed by atoms with Gasteiger partial charge in [0.05, 0.1) is 6.54 Å². The molecule has 0 saturated carbocycles. The molecule has 0 spiro atoms. The highest BCUT2D eigenvalue weighted by Gasteiger charge is 2.29. The molecule has 1 aliphatic heterocycles. The molecule has 0 radical (unpaired) electrons. The number of fused-ring (bicyclic) bond motifs is 1. The molecule has 0 amide bonds. The van der Waals surface area contributed by atoms with Gasteiger partial charge in [0.2, 0.25) is 0 Å². The van der Waals surface area contributed by atoms with Crippen LogP contribution < -0.4 is 0 Å². The van der Waals surface area contributed by atoms with Gasteiger partial charge < -0.3 is 9.64 Å². The number of nitrogens with zero attached hydrogens (tertiary/aromatic N) is 1. The lowest BCUT2D eigenvalue weighted by Gasteiger charge is -2.26. The highest BCUT2D eigenvalue weighted by Crippen LogP contribution is 2.31. The summed E-state index contributed by atoms with van der Waals surface area (Å²) in [7, 11) is 0. The second-order valence-corrected chi connectivity index (χ2v) is 2.73. The summed E-state index contributed by atoms with van der Waals surface area (Å²) in [6.07, 6.45) is 2.11. The molecule has 2 rings (SSSR count). The Balaban J connectivity index is 2.10. The lowest BCUT2D eigenvalue weighted by Crippen LogP contribution is -2.27. The molecule has 1 fully saturated rings. The van der Waals surface area contributed by atoms with Crippen LogP contribution in [0.4, 0.5) is 0 Å². The van der Waals surface area contributed by atoms with Gasteiger partial charge >= 0.3 is 0 Å². The zero-order valence-electron chi connectivity index (χ0n) is 6.85. The Morgan fingerprint density at radius 1 is 1.73 bits per heavy atom. The van der Waals surface area contributed by atoms with Crippen LogP contribution in [0.15, 0.2) is 29.0 Å². The Morgan fingerprint density at radius 2 is 2.55 bits per heavy atom. The molecule has 0 aromatic heterocycles. The maximum atomic E-state index is 5.28. The molecule has 11 heavy (non-hydrogen) atoms. The monoisotopic (exact) mass is 149 g/mol. The van der Waals surface area contributed by atoms with Gasteiger partial charge in [-0.15, -0.1) is 0 Å². The van der Waals surface area contributed by atoms with Crippen LogP contribution in [0.5, 0.6) is 0 Å². The molecular weight excluding hydrogens is 138 g/mol. The fourth-order valence-corrected chi connectivity index (χ4v) is 1.23. The first-order chi connectivity index (χ1) is 5.33. The van der Waals surface area contributed by atoms with E-state index in [2.05, 4.69) is 23.6 Å². The lowest BCUT2D eigenvalue weighted by molar-refractivity contribution is 0.163. The Bertz CT molecular complexity index is 282. The zero-order chi connectivity index (χ0) is 7.84. The van der Waals surface area contributed by atoms with Gasteiger partial charge in [-0.2, -0.15) is 0 Å². The smallest absolute Gasteiger partial charge is 0.196 e. The van der Waals surface area contributed by atoms with E-state index in [1.54, 1.807) is 0 Å². The maximum absolute atomic E-state index is 5.28. The third-order valence-corrected chi connectivity index (χ3v) is 2.06. The van der Waals surface area contributed by atoms with E-state index < -0.39 is 0 Å². The van der Waals surface area contributed by atoms with Gasteiger partial charge in [-0.3, -0.25) is 0 Å². The van der Waals surface area contributed by atoms with Crippen molar-refractivity contribution in [3.8, 4) is 0 Å². The second-order valence-electron chi connectivity index (χ2n) is 2.73. The highest BCUT2D eigenvalue weighted by molar-refractivity contribution is 5.41. The number of allylic oxidation sites excluding steroid dienone is 2. The molecule has 0 aromatic rings. The Labute approximate surface area is 66.5 Å². The first kappa shape index (κ1) is 6.56. The van der Waals surface area contributed by atoms with Crippen LogP contribution in [0.2, 0.25) is 0 Å². The van der Waals surface area contributed by atoms with E-state index in [1.807, 2.05) is 6.92 Å². The Hall–Kier alpha value is -1.14. The van der Waals surface area contributed by atoms with Crippen molar-refractivity contribution in [1.29, 1.82) is 0 Å². The molecule has 0 atom stereocenters. The molecular formula is C9H11NO. The fourth-order valence-electron chi connectivity index (χ4n) is 1.23. The summed E-state index contributed by atoms with van der Waals surface area (Å²) >= 11 is 0. The molecule has 1 aliphatic carbocycles. The van der Waals surface area contributed by atoms with Crippen molar-refractivity contribution in [3.63, 3.8) is 0 Å². The maximum Gasteiger partial charge on any atom is 0.196 e. The third-order valence-electron chi connectivity index (χ3n) is 2.06. The Morgan fingerprint density at radius 3 is 3.27 bits per heavy atom. The number of morpholine rings is 1. The predicted octanol–water partition coefficient (Wildman–Crippen LogP) is 1.62. The van der Waals surface area contributed by atoms with E-state index in [9.17, 15) is 0 Å². The van der Waals surface area contributed by atoms with E-state index in [1.165, 1.54) is 5.70 Å². The molecule has 2 heteroatoms. The van der Waals surface area contributed by atoms with Crippen molar-refractivity contribution < 1.29 is 4.74 Å². The molecule has 58 valence electrons. The zero-order valence-corrected chi connectivity index (χ0v) is 6.85. The highest BCUT2D eigenvalue weighted by atomic mass is 16.5. The van der Waals surface area contributed by atoms with Crippen LogP contribution in [0, 0.1) is 0 Å². The van der Waals surface area contributed by atoms with Crippen LogP contribution in [0.1, 0.15) is 13.8 Å². The molecule has 0 unspecified atom stereocenters. The summed E-state index contributed by atoms with van der Waals surface area (Å²) in [4.78, 5) is 2.23. The molecule has 2 aliphatic rings. The fraction of sp³-hybridized carbons (Fsp3) is 0.444. The minimum absolute atomic E-state index is 0.789. The molecule has 0 aromatic carbocycles. The van der Waals surface area contributed by atoms with Crippen LogP contribution in [-0.2, 0) is 4.74 Å². The van der Waals surface area contributed by atoms with Crippen molar-refractivity contribution in [3.05, 3.63) is 29.0 Å². The lowest BCUT2D eigenvalue weighted by atomic mass is 10.3. The first-order valence-corrected chi connectivity index (χ1v) is 3.87. The quantitative estimate of drug-likeness (QED) is 0.525. The Kier molecular flexibility index (Phi) is 1.30. The average Bonchev–Trinajstić information content (AvgIpc) is 2.80. The minimum Gasteiger partial charge on any atom is -0.482 e. The second kappa shape index (κ2) is 2.18. The number of hydrogen-bond acceptors (Lipinski definition) is 2. The average molecular weight is 149 g/mol. The van der Waals surface area contributed by atoms with Gasteiger partial charge in [-0.25, -0.2) is 0 Å². The van der Waals surface area contributed by atoms with Crippen LogP contribution in [0.25, 0.3) is 0 Å². The van der Waals surface area contributed by atoms with Crippen LogP contribution in [-0.4, -0.2) is 18.1 Å². The standard InChI is InChI=1S/C9H11NO/c1-3-7(2)10-4-5-11-9-6-8(9)10/h3H,4-5H2,1-2H3/b7-3-. The van der Waals surface area contributed by atoms with Gasteiger partial charge in [0.1, 0.15) is 12.3 Å². The van der Waals surface area contributed by atoms with Crippen molar-refractivity contribution in [2.75, 3.05) is 13.2 Å². The summed E-state index contributed by atoms with van der Waals surface area (Å²) in [6.45, 7) is 5.91. The van der Waals surface area contributed by atoms with Crippen LogP contribution >= 0.6 is 0 Å². The van der Waals surface area contributed by atoms with Crippen LogP contribution in [0.3, 0.4) is 0 Å². The van der Waals surface area contributed by atoms with E-state index >= 15 is 0 Å². The van der Waals surface area contributed by atoms with E-state index in [-0.39, 0.29) is 0 Å². The van der Waals surface area contributed by atoms with Crippen molar-refractivity contribution >= 4 is 0 Å². The number of ether oxygens (including phenoxy) is 1.